The summed E-state index contributed by atoms with van der Waals surface area (Å²) in [6, 6.07) is 2.31. The fourth-order valence-electron chi connectivity index (χ4n) is 3.60. The van der Waals surface area contributed by atoms with Gasteiger partial charge in [-0.15, -0.1) is 0 Å². The molecule has 24 heavy (non-hydrogen) atoms. The number of hydrogen-bond acceptors (Lipinski definition) is 5. The van der Waals surface area contributed by atoms with Gasteiger partial charge in [-0.05, 0) is 26.3 Å². The lowest BCUT2D eigenvalue weighted by molar-refractivity contribution is -0.122. The van der Waals surface area contributed by atoms with Gasteiger partial charge in [-0.1, -0.05) is 0 Å². The first kappa shape index (κ1) is 17.4. The largest absolute Gasteiger partial charge is 0.381 e. The lowest BCUT2D eigenvalue weighted by atomic mass is 9.97. The molecule has 3 rings (SSSR count). The minimum Gasteiger partial charge on any atom is -0.381 e. The molecule has 2 atom stereocenters. The lowest BCUT2D eigenvalue weighted by Gasteiger charge is -2.37. The van der Waals surface area contributed by atoms with Crippen molar-refractivity contribution in [2.45, 2.75) is 32.9 Å². The summed E-state index contributed by atoms with van der Waals surface area (Å²) in [5.41, 5.74) is 1.95. The highest BCUT2D eigenvalue weighted by Gasteiger charge is 2.31. The summed E-state index contributed by atoms with van der Waals surface area (Å²) < 4.78 is 12.8. The van der Waals surface area contributed by atoms with Crippen molar-refractivity contribution in [2.75, 3.05) is 46.1 Å². The molecular formula is C17H28N4O3. The van der Waals surface area contributed by atoms with E-state index in [1.165, 1.54) is 0 Å². The van der Waals surface area contributed by atoms with Crippen molar-refractivity contribution in [3.8, 4) is 0 Å². The van der Waals surface area contributed by atoms with Crippen LogP contribution in [-0.2, 0) is 20.8 Å². The van der Waals surface area contributed by atoms with Crippen LogP contribution in [0.2, 0.25) is 0 Å². The highest BCUT2D eigenvalue weighted by Crippen LogP contribution is 2.21. The van der Waals surface area contributed by atoms with Gasteiger partial charge in [0.2, 0.25) is 5.91 Å². The van der Waals surface area contributed by atoms with E-state index in [1.807, 2.05) is 19.9 Å². The molecule has 1 aromatic heterocycles. The average Bonchev–Trinajstić information content (AvgIpc) is 3.19. The standard InChI is InChI=1S/C17H28N4O3/c1-13-9-14(2)21(19-13)11-17(22)18-10-16(15-3-6-24-12-15)20-4-7-23-8-5-20/h9,15-16H,3-8,10-12H2,1-2H3,(H,18,22)/t15-,16-/m1/s1. The molecule has 2 saturated heterocycles. The van der Waals surface area contributed by atoms with Gasteiger partial charge in [0.25, 0.3) is 0 Å². The Bertz CT molecular complexity index is 548. The van der Waals surface area contributed by atoms with Gasteiger partial charge in [-0.2, -0.15) is 5.10 Å². The van der Waals surface area contributed by atoms with Gasteiger partial charge in [0.15, 0.2) is 0 Å². The molecule has 134 valence electrons. The third kappa shape index (κ3) is 4.34. The fourth-order valence-corrected chi connectivity index (χ4v) is 3.60. The summed E-state index contributed by atoms with van der Waals surface area (Å²) in [7, 11) is 0. The number of aromatic nitrogens is 2. The predicted octanol–water partition coefficient (Wildman–Crippen LogP) is 0.353. The van der Waals surface area contributed by atoms with Crippen molar-refractivity contribution in [1.29, 1.82) is 0 Å². The molecule has 2 aliphatic heterocycles. The Hall–Kier alpha value is -1.44. The van der Waals surface area contributed by atoms with E-state index in [0.29, 0.717) is 18.5 Å². The molecule has 1 aromatic rings. The normalized spacial score (nSPS) is 23.3. The number of carbonyl (C=O) groups excluding carboxylic acids is 1. The van der Waals surface area contributed by atoms with Crippen LogP contribution in [0.25, 0.3) is 0 Å². The van der Waals surface area contributed by atoms with E-state index in [1.54, 1.807) is 4.68 Å². The summed E-state index contributed by atoms with van der Waals surface area (Å²) in [6.07, 6.45) is 1.06. The third-order valence-electron chi connectivity index (χ3n) is 4.93. The molecule has 0 aromatic carbocycles. The molecule has 0 bridgehead atoms. The zero-order valence-corrected chi connectivity index (χ0v) is 14.7. The first-order chi connectivity index (χ1) is 11.6. The van der Waals surface area contributed by atoms with E-state index >= 15 is 0 Å². The number of nitrogens with one attached hydrogen (secondary N) is 1. The number of rotatable bonds is 6. The van der Waals surface area contributed by atoms with E-state index in [-0.39, 0.29) is 12.5 Å². The van der Waals surface area contributed by atoms with Gasteiger partial charge in [-0.25, -0.2) is 0 Å². The van der Waals surface area contributed by atoms with Gasteiger partial charge in [0.1, 0.15) is 6.54 Å². The molecule has 3 heterocycles. The van der Waals surface area contributed by atoms with Crippen LogP contribution in [0, 0.1) is 19.8 Å². The van der Waals surface area contributed by atoms with Crippen LogP contribution >= 0.6 is 0 Å². The second kappa shape index (κ2) is 8.09. The summed E-state index contributed by atoms with van der Waals surface area (Å²) >= 11 is 0. The van der Waals surface area contributed by atoms with Crippen LogP contribution < -0.4 is 5.32 Å². The monoisotopic (exact) mass is 336 g/mol. The van der Waals surface area contributed by atoms with Crippen molar-refractivity contribution in [2.24, 2.45) is 5.92 Å². The Morgan fingerprint density at radius 2 is 2.12 bits per heavy atom. The molecule has 0 spiro atoms. The van der Waals surface area contributed by atoms with Crippen molar-refractivity contribution < 1.29 is 14.3 Å². The first-order valence-corrected chi connectivity index (χ1v) is 8.81. The van der Waals surface area contributed by atoms with E-state index in [2.05, 4.69) is 15.3 Å². The molecule has 0 unspecified atom stereocenters. The van der Waals surface area contributed by atoms with E-state index in [9.17, 15) is 4.79 Å². The molecule has 0 saturated carbocycles. The molecule has 2 aliphatic rings. The number of carbonyl (C=O) groups is 1. The minimum absolute atomic E-state index is 0.0124. The Labute approximate surface area is 143 Å². The maximum atomic E-state index is 12.3. The first-order valence-electron chi connectivity index (χ1n) is 8.81. The van der Waals surface area contributed by atoms with Crippen LogP contribution in [0.3, 0.4) is 0 Å². The van der Waals surface area contributed by atoms with Gasteiger partial charge < -0.3 is 14.8 Å². The third-order valence-corrected chi connectivity index (χ3v) is 4.93. The Morgan fingerprint density at radius 1 is 1.33 bits per heavy atom. The quantitative estimate of drug-likeness (QED) is 0.812. The molecule has 2 fully saturated rings. The average molecular weight is 336 g/mol. The smallest absolute Gasteiger partial charge is 0.241 e. The summed E-state index contributed by atoms with van der Waals surface area (Å²) in [5.74, 6) is 0.496. The number of nitrogens with zero attached hydrogens (tertiary/aromatic N) is 3. The SMILES string of the molecule is Cc1cc(C)n(CC(=O)NC[C@H]([C@@H]2CCOC2)N2CCOCC2)n1. The Balaban J connectivity index is 1.55. The zero-order valence-electron chi connectivity index (χ0n) is 14.7. The van der Waals surface area contributed by atoms with Crippen LogP contribution in [-0.4, -0.2) is 72.7 Å². The molecule has 1 N–H and O–H groups in total. The second-order valence-electron chi connectivity index (χ2n) is 6.73. The molecule has 0 aliphatic carbocycles. The van der Waals surface area contributed by atoms with Gasteiger partial charge in [0.05, 0.1) is 25.5 Å². The topological polar surface area (TPSA) is 68.6 Å². The second-order valence-corrected chi connectivity index (χ2v) is 6.73. The Kier molecular flexibility index (Phi) is 5.86. The van der Waals surface area contributed by atoms with E-state index in [0.717, 1.165) is 57.3 Å². The zero-order chi connectivity index (χ0) is 16.9. The van der Waals surface area contributed by atoms with Crippen LogP contribution in [0.15, 0.2) is 6.07 Å². The van der Waals surface area contributed by atoms with Crippen molar-refractivity contribution >= 4 is 5.91 Å². The summed E-state index contributed by atoms with van der Waals surface area (Å²) in [4.78, 5) is 14.8. The van der Waals surface area contributed by atoms with Crippen LogP contribution in [0.4, 0.5) is 0 Å². The number of morpholine rings is 1. The van der Waals surface area contributed by atoms with Gasteiger partial charge in [-0.3, -0.25) is 14.4 Å². The highest BCUT2D eigenvalue weighted by molar-refractivity contribution is 5.75. The predicted molar refractivity (Wildman–Crippen MR) is 89.8 cm³/mol. The number of hydrogen-bond donors (Lipinski definition) is 1. The molecule has 0 radical (unpaired) electrons. The molecule has 1 amide bonds. The van der Waals surface area contributed by atoms with Crippen LogP contribution in [0.1, 0.15) is 17.8 Å². The number of aryl methyl sites for hydroxylation is 2. The van der Waals surface area contributed by atoms with Crippen molar-refractivity contribution in [1.82, 2.24) is 20.0 Å². The van der Waals surface area contributed by atoms with Gasteiger partial charge in [0, 0.05) is 43.9 Å². The summed E-state index contributed by atoms with van der Waals surface area (Å²) in [6.45, 7) is 9.84. The Morgan fingerprint density at radius 3 is 2.75 bits per heavy atom. The fraction of sp³-hybridized carbons (Fsp3) is 0.765. The molecular weight excluding hydrogens is 308 g/mol. The summed E-state index contributed by atoms with van der Waals surface area (Å²) in [5, 5.41) is 7.46. The maximum Gasteiger partial charge on any atom is 0.241 e. The van der Waals surface area contributed by atoms with E-state index < -0.39 is 0 Å². The maximum absolute atomic E-state index is 12.3. The van der Waals surface area contributed by atoms with E-state index in [4.69, 9.17) is 9.47 Å². The van der Waals surface area contributed by atoms with Gasteiger partial charge >= 0.3 is 0 Å². The number of ether oxygens (including phenoxy) is 2. The van der Waals surface area contributed by atoms with Crippen molar-refractivity contribution in [3.05, 3.63) is 17.5 Å². The number of amides is 1. The van der Waals surface area contributed by atoms with Crippen molar-refractivity contribution in [3.63, 3.8) is 0 Å². The lowest BCUT2D eigenvalue weighted by Crippen LogP contribution is -2.52. The molecule has 7 nitrogen and oxygen atoms in total. The molecule has 7 heteroatoms. The van der Waals surface area contributed by atoms with Crippen LogP contribution in [0.5, 0.6) is 0 Å². The minimum atomic E-state index is 0.0124. The highest BCUT2D eigenvalue weighted by atomic mass is 16.5.